The van der Waals surface area contributed by atoms with Crippen molar-refractivity contribution in [2.45, 2.75) is 55.7 Å². The lowest BCUT2D eigenvalue weighted by Crippen LogP contribution is -2.67. The van der Waals surface area contributed by atoms with E-state index in [0.29, 0.717) is 17.7 Å². The number of pyridine rings is 1. The highest BCUT2D eigenvalue weighted by molar-refractivity contribution is 5.97. The molecule has 6 N–H and O–H groups in total. The second-order valence-corrected chi connectivity index (χ2v) is 11.8. The van der Waals surface area contributed by atoms with Gasteiger partial charge in [-0.3, -0.25) is 19.3 Å². The standard InChI is InChI=1S/C31H34N4O5/c1-17-8-9-21(36)12-23(17)30-13-20-16-35(2)26(20)31(30,40)14-19-11-22(29(39)34-25(19)15-30)28(38)33-24(27(32)37)10-18-6-4-3-5-7-18/h3-9,11-12,20,24,26,36,40H,10,13-16H2,1-2H3,(H2,32,37)(H,33,38)(H,34,39)/t20?,24-,26+,30+,31+/m0/s1. The van der Waals surface area contributed by atoms with Crippen LogP contribution in [0.2, 0.25) is 0 Å². The molecule has 3 aliphatic rings. The number of aliphatic hydroxyl groups is 1. The van der Waals surface area contributed by atoms with Crippen LogP contribution in [0.15, 0.2) is 59.4 Å². The molecule has 2 amide bonds. The van der Waals surface area contributed by atoms with Crippen LogP contribution < -0.4 is 16.6 Å². The Morgan fingerprint density at radius 1 is 1.18 bits per heavy atom. The van der Waals surface area contributed by atoms with Crippen LogP contribution in [0.1, 0.15) is 44.7 Å². The summed E-state index contributed by atoms with van der Waals surface area (Å²) < 4.78 is 0. The number of aryl methyl sites for hydroxylation is 1. The van der Waals surface area contributed by atoms with E-state index in [1.54, 1.807) is 18.2 Å². The van der Waals surface area contributed by atoms with Crippen LogP contribution in [0, 0.1) is 12.8 Å². The van der Waals surface area contributed by atoms with E-state index in [4.69, 9.17) is 5.73 Å². The molecule has 6 rings (SSSR count). The van der Waals surface area contributed by atoms with E-state index in [0.717, 1.165) is 29.7 Å². The second-order valence-electron chi connectivity index (χ2n) is 11.8. The number of benzene rings is 2. The van der Waals surface area contributed by atoms with E-state index in [2.05, 4.69) is 15.2 Å². The lowest BCUT2D eigenvalue weighted by Gasteiger charge is -2.53. The number of carbonyl (C=O) groups excluding carboxylic acids is 2. The molecule has 9 nitrogen and oxygen atoms in total. The number of aromatic hydroxyl groups is 1. The third kappa shape index (κ3) is 3.95. The fourth-order valence-electron chi connectivity index (χ4n) is 7.70. The van der Waals surface area contributed by atoms with Crippen LogP contribution in [0.3, 0.4) is 0 Å². The molecule has 2 aliphatic carbocycles. The summed E-state index contributed by atoms with van der Waals surface area (Å²) in [6.45, 7) is 2.84. The van der Waals surface area contributed by atoms with Crippen LogP contribution in [0.25, 0.3) is 0 Å². The Morgan fingerprint density at radius 2 is 1.93 bits per heavy atom. The van der Waals surface area contributed by atoms with Gasteiger partial charge in [0.1, 0.15) is 17.4 Å². The third-order valence-electron chi connectivity index (χ3n) is 9.44. The Morgan fingerprint density at radius 3 is 2.62 bits per heavy atom. The number of hydrogen-bond acceptors (Lipinski definition) is 6. The quantitative estimate of drug-likeness (QED) is 0.317. The molecule has 2 aromatic carbocycles. The van der Waals surface area contributed by atoms with Gasteiger partial charge in [-0.25, -0.2) is 0 Å². The number of aromatic nitrogens is 1. The number of likely N-dealkylation sites (N-methyl/N-ethyl adjacent to an activating group) is 1. The fraction of sp³-hybridized carbons (Fsp3) is 0.387. The minimum absolute atomic E-state index is 0.0864. The highest BCUT2D eigenvalue weighted by Gasteiger charge is 2.70. The zero-order valence-electron chi connectivity index (χ0n) is 22.6. The van der Waals surface area contributed by atoms with Gasteiger partial charge in [0.05, 0.1) is 5.60 Å². The van der Waals surface area contributed by atoms with Crippen molar-refractivity contribution in [3.05, 3.63) is 98.5 Å². The monoisotopic (exact) mass is 542 g/mol. The zero-order valence-corrected chi connectivity index (χ0v) is 22.6. The van der Waals surface area contributed by atoms with Gasteiger partial charge in [-0.15, -0.1) is 0 Å². The first-order valence-electron chi connectivity index (χ1n) is 13.6. The highest BCUT2D eigenvalue weighted by Crippen LogP contribution is 2.61. The Hall–Kier alpha value is -3.95. The number of phenols is 1. The van der Waals surface area contributed by atoms with E-state index in [9.17, 15) is 24.6 Å². The Labute approximate surface area is 232 Å². The smallest absolute Gasteiger partial charge is 0.261 e. The molecule has 2 heterocycles. The molecule has 0 bridgehead atoms. The molecule has 0 radical (unpaired) electrons. The summed E-state index contributed by atoms with van der Waals surface area (Å²) >= 11 is 0. The molecule has 2 fully saturated rings. The fourth-order valence-corrected chi connectivity index (χ4v) is 7.70. The van der Waals surface area contributed by atoms with Gasteiger partial charge in [0.15, 0.2) is 0 Å². The van der Waals surface area contributed by atoms with Crippen LogP contribution in [-0.4, -0.2) is 63.2 Å². The maximum absolute atomic E-state index is 13.3. The average Bonchev–Trinajstić information content (AvgIpc) is 3.10. The van der Waals surface area contributed by atoms with E-state index >= 15 is 0 Å². The van der Waals surface area contributed by atoms with Crippen molar-refractivity contribution in [1.29, 1.82) is 0 Å². The number of aromatic amines is 1. The molecular weight excluding hydrogens is 508 g/mol. The molecular formula is C31H34N4O5. The van der Waals surface area contributed by atoms with Gasteiger partial charge in [-0.1, -0.05) is 36.4 Å². The van der Waals surface area contributed by atoms with Gasteiger partial charge in [0.25, 0.3) is 11.5 Å². The highest BCUT2D eigenvalue weighted by atomic mass is 16.3. The van der Waals surface area contributed by atoms with Crippen molar-refractivity contribution in [3.63, 3.8) is 0 Å². The average molecular weight is 543 g/mol. The molecule has 1 aromatic heterocycles. The SMILES string of the molecule is Cc1ccc(O)cc1[C@@]12Cc3[nH]c(=O)c(C(=O)N[C@@H](Cc4ccccc4)C(N)=O)cc3C[C@@]1(O)[C@H]1C(CN1C)C2. The molecule has 0 spiro atoms. The lowest BCUT2D eigenvalue weighted by atomic mass is 9.59. The van der Waals surface area contributed by atoms with Crippen molar-refractivity contribution in [2.75, 3.05) is 13.6 Å². The second kappa shape index (κ2) is 9.31. The van der Waals surface area contributed by atoms with Crippen LogP contribution in [0.5, 0.6) is 5.75 Å². The minimum Gasteiger partial charge on any atom is -0.508 e. The summed E-state index contributed by atoms with van der Waals surface area (Å²) in [5, 5.41) is 25.6. The molecule has 1 saturated carbocycles. The Kier molecular flexibility index (Phi) is 6.12. The molecule has 9 heteroatoms. The summed E-state index contributed by atoms with van der Waals surface area (Å²) in [5.41, 5.74) is 7.06. The van der Waals surface area contributed by atoms with Gasteiger partial charge < -0.3 is 26.2 Å². The Bertz CT molecular complexity index is 1570. The molecule has 1 unspecified atom stereocenters. The largest absolute Gasteiger partial charge is 0.508 e. The number of H-pyrrole nitrogens is 1. The third-order valence-corrected chi connectivity index (χ3v) is 9.44. The number of nitrogens with zero attached hydrogens (tertiary/aromatic N) is 1. The van der Waals surface area contributed by atoms with Gasteiger partial charge in [-0.05, 0) is 66.8 Å². The van der Waals surface area contributed by atoms with Crippen LogP contribution >= 0.6 is 0 Å². The molecule has 40 heavy (non-hydrogen) atoms. The lowest BCUT2D eigenvalue weighted by molar-refractivity contribution is -0.119. The number of amides is 2. The van der Waals surface area contributed by atoms with Crippen molar-refractivity contribution in [1.82, 2.24) is 15.2 Å². The first kappa shape index (κ1) is 26.3. The maximum atomic E-state index is 13.3. The number of nitrogens with one attached hydrogen (secondary N) is 2. The maximum Gasteiger partial charge on any atom is 0.261 e. The molecule has 208 valence electrons. The van der Waals surface area contributed by atoms with E-state index in [1.807, 2.05) is 50.4 Å². The molecule has 1 aliphatic heterocycles. The van der Waals surface area contributed by atoms with E-state index in [1.165, 1.54) is 0 Å². The van der Waals surface area contributed by atoms with Gasteiger partial charge >= 0.3 is 0 Å². The topological polar surface area (TPSA) is 149 Å². The number of carbonyl (C=O) groups is 2. The summed E-state index contributed by atoms with van der Waals surface area (Å²) in [6.07, 6.45) is 1.54. The van der Waals surface area contributed by atoms with Crippen LogP contribution in [-0.2, 0) is 29.5 Å². The predicted molar refractivity (Wildman–Crippen MR) is 149 cm³/mol. The number of phenolic OH excluding ortho intramolecular Hbond substituents is 1. The minimum atomic E-state index is -1.18. The van der Waals surface area contributed by atoms with Gasteiger partial charge in [0.2, 0.25) is 5.91 Å². The number of hydrogen-bond donors (Lipinski definition) is 5. The van der Waals surface area contributed by atoms with E-state index in [-0.39, 0.29) is 36.1 Å². The van der Waals surface area contributed by atoms with Crippen molar-refractivity contribution in [2.24, 2.45) is 11.7 Å². The van der Waals surface area contributed by atoms with Crippen molar-refractivity contribution < 1.29 is 19.8 Å². The number of primary amides is 1. The first-order chi connectivity index (χ1) is 19.0. The van der Waals surface area contributed by atoms with E-state index < -0.39 is 34.4 Å². The predicted octanol–water partition coefficient (Wildman–Crippen LogP) is 1.32. The zero-order chi connectivity index (χ0) is 28.4. The first-order valence-corrected chi connectivity index (χ1v) is 13.6. The summed E-state index contributed by atoms with van der Waals surface area (Å²) in [7, 11) is 2.00. The molecule has 1 saturated heterocycles. The number of rotatable bonds is 6. The van der Waals surface area contributed by atoms with Crippen LogP contribution in [0.4, 0.5) is 0 Å². The number of fused-ring (bicyclic) bond motifs is 4. The van der Waals surface area contributed by atoms with Gasteiger partial charge in [0, 0.05) is 43.0 Å². The number of nitrogens with two attached hydrogens (primary N) is 1. The van der Waals surface area contributed by atoms with Gasteiger partial charge in [-0.2, -0.15) is 0 Å². The van der Waals surface area contributed by atoms with Crippen molar-refractivity contribution in [3.8, 4) is 5.75 Å². The van der Waals surface area contributed by atoms with Crippen molar-refractivity contribution >= 4 is 11.8 Å². The number of likely N-dealkylation sites (tertiary alicyclic amines) is 1. The summed E-state index contributed by atoms with van der Waals surface area (Å²) in [5.74, 6) is -0.982. The normalized spacial score (nSPS) is 27.6. The molecule has 5 atom stereocenters. The summed E-state index contributed by atoms with van der Waals surface area (Å²) in [6, 6.07) is 14.9. The molecule has 3 aromatic rings. The summed E-state index contributed by atoms with van der Waals surface area (Å²) in [4.78, 5) is 43.7. The Balaban J connectivity index is 1.37.